The standard InChI is InChI=1S/C8H12ClN3O/c1-13-6-2-5-10-8-4-3-7(9)11-12-8/h3-4H,2,5-6H2,1H3,(H,10,12). The van der Waals surface area contributed by atoms with E-state index in [2.05, 4.69) is 15.5 Å². The minimum absolute atomic E-state index is 0.405. The topological polar surface area (TPSA) is 47.0 Å². The Hall–Kier alpha value is -0.870. The zero-order valence-electron chi connectivity index (χ0n) is 7.46. The molecule has 72 valence electrons. The van der Waals surface area contributed by atoms with E-state index in [0.29, 0.717) is 5.15 Å². The lowest BCUT2D eigenvalue weighted by Gasteiger charge is -2.03. The molecule has 0 unspecified atom stereocenters. The summed E-state index contributed by atoms with van der Waals surface area (Å²) in [5.41, 5.74) is 0. The molecule has 0 amide bonds. The van der Waals surface area contributed by atoms with Gasteiger partial charge in [-0.1, -0.05) is 11.6 Å². The van der Waals surface area contributed by atoms with Crippen LogP contribution in [0.3, 0.4) is 0 Å². The second-order valence-corrected chi connectivity index (χ2v) is 2.90. The van der Waals surface area contributed by atoms with E-state index in [1.54, 1.807) is 19.2 Å². The predicted molar refractivity (Wildman–Crippen MR) is 52.0 cm³/mol. The molecule has 1 heterocycles. The summed E-state index contributed by atoms with van der Waals surface area (Å²) in [4.78, 5) is 0. The normalized spacial score (nSPS) is 10.0. The number of anilines is 1. The van der Waals surface area contributed by atoms with Crippen LogP contribution in [0.25, 0.3) is 0 Å². The van der Waals surface area contributed by atoms with Crippen molar-refractivity contribution in [1.29, 1.82) is 0 Å². The van der Waals surface area contributed by atoms with Crippen molar-refractivity contribution in [3.63, 3.8) is 0 Å². The van der Waals surface area contributed by atoms with Gasteiger partial charge in [0.2, 0.25) is 0 Å². The fraction of sp³-hybridized carbons (Fsp3) is 0.500. The van der Waals surface area contributed by atoms with E-state index in [0.717, 1.165) is 25.4 Å². The second-order valence-electron chi connectivity index (χ2n) is 2.51. The maximum Gasteiger partial charge on any atom is 0.151 e. The first-order chi connectivity index (χ1) is 6.33. The molecule has 0 radical (unpaired) electrons. The largest absolute Gasteiger partial charge is 0.385 e. The fourth-order valence-electron chi connectivity index (χ4n) is 0.843. The molecular weight excluding hydrogens is 190 g/mol. The molecule has 1 aromatic rings. The van der Waals surface area contributed by atoms with Crippen LogP contribution in [0.5, 0.6) is 0 Å². The summed E-state index contributed by atoms with van der Waals surface area (Å²) in [7, 11) is 1.68. The van der Waals surface area contributed by atoms with E-state index in [1.165, 1.54) is 0 Å². The van der Waals surface area contributed by atoms with Gasteiger partial charge in [-0.15, -0.1) is 10.2 Å². The van der Waals surface area contributed by atoms with Gasteiger partial charge in [0, 0.05) is 20.3 Å². The maximum atomic E-state index is 5.57. The number of nitrogens with one attached hydrogen (secondary N) is 1. The van der Waals surface area contributed by atoms with Crippen LogP contribution in [-0.2, 0) is 4.74 Å². The smallest absolute Gasteiger partial charge is 0.151 e. The lowest BCUT2D eigenvalue weighted by molar-refractivity contribution is 0.197. The molecule has 0 aromatic carbocycles. The fourth-order valence-corrected chi connectivity index (χ4v) is 0.944. The van der Waals surface area contributed by atoms with E-state index >= 15 is 0 Å². The van der Waals surface area contributed by atoms with Crippen molar-refractivity contribution in [3.8, 4) is 0 Å². The second kappa shape index (κ2) is 5.72. The maximum absolute atomic E-state index is 5.57. The number of methoxy groups -OCH3 is 1. The van der Waals surface area contributed by atoms with Crippen LogP contribution < -0.4 is 5.32 Å². The van der Waals surface area contributed by atoms with E-state index in [-0.39, 0.29) is 0 Å². The van der Waals surface area contributed by atoms with Crippen LogP contribution in [-0.4, -0.2) is 30.5 Å². The van der Waals surface area contributed by atoms with Crippen molar-refractivity contribution in [1.82, 2.24) is 10.2 Å². The van der Waals surface area contributed by atoms with Crippen molar-refractivity contribution in [2.75, 3.05) is 25.6 Å². The van der Waals surface area contributed by atoms with E-state index in [1.807, 2.05) is 0 Å². The highest BCUT2D eigenvalue weighted by atomic mass is 35.5. The lowest BCUT2D eigenvalue weighted by Crippen LogP contribution is -2.06. The number of hydrogen-bond acceptors (Lipinski definition) is 4. The summed E-state index contributed by atoms with van der Waals surface area (Å²) in [5, 5.41) is 11.0. The molecule has 0 saturated carbocycles. The molecule has 0 aliphatic carbocycles. The third-order valence-electron chi connectivity index (χ3n) is 1.46. The van der Waals surface area contributed by atoms with Gasteiger partial charge in [-0.2, -0.15) is 0 Å². The van der Waals surface area contributed by atoms with E-state index in [9.17, 15) is 0 Å². The summed E-state index contributed by atoms with van der Waals surface area (Å²) in [5.74, 6) is 0.737. The van der Waals surface area contributed by atoms with E-state index in [4.69, 9.17) is 16.3 Å². The molecule has 0 spiro atoms. The highest BCUT2D eigenvalue weighted by molar-refractivity contribution is 6.29. The summed E-state index contributed by atoms with van der Waals surface area (Å²) >= 11 is 5.57. The third kappa shape index (κ3) is 4.05. The van der Waals surface area contributed by atoms with E-state index < -0.39 is 0 Å². The number of rotatable bonds is 5. The Balaban J connectivity index is 2.25. The molecule has 5 heteroatoms. The number of ether oxygens (including phenoxy) is 1. The molecule has 0 fully saturated rings. The van der Waals surface area contributed by atoms with Gasteiger partial charge >= 0.3 is 0 Å². The Kier molecular flexibility index (Phi) is 4.49. The molecule has 1 N–H and O–H groups in total. The first-order valence-electron chi connectivity index (χ1n) is 4.05. The molecule has 4 nitrogen and oxygen atoms in total. The first-order valence-corrected chi connectivity index (χ1v) is 4.43. The predicted octanol–water partition coefficient (Wildman–Crippen LogP) is 1.58. The number of nitrogens with zero attached hydrogens (tertiary/aromatic N) is 2. The number of hydrogen-bond donors (Lipinski definition) is 1. The number of halogens is 1. The van der Waals surface area contributed by atoms with Crippen molar-refractivity contribution in [2.24, 2.45) is 0 Å². The Morgan fingerprint density at radius 1 is 1.46 bits per heavy atom. The molecular formula is C8H12ClN3O. The van der Waals surface area contributed by atoms with Gasteiger partial charge in [0.1, 0.15) is 5.82 Å². The van der Waals surface area contributed by atoms with Gasteiger partial charge in [-0.3, -0.25) is 0 Å². The van der Waals surface area contributed by atoms with Gasteiger partial charge in [0.25, 0.3) is 0 Å². The number of aromatic nitrogens is 2. The summed E-state index contributed by atoms with van der Waals surface area (Å²) in [6.45, 7) is 1.57. The zero-order chi connectivity index (χ0) is 9.52. The first kappa shape index (κ1) is 10.2. The van der Waals surface area contributed by atoms with Gasteiger partial charge in [0.05, 0.1) is 0 Å². The molecule has 1 aromatic heterocycles. The summed E-state index contributed by atoms with van der Waals surface area (Å²) in [6.07, 6.45) is 0.945. The Morgan fingerprint density at radius 2 is 2.31 bits per heavy atom. The molecule has 1 rings (SSSR count). The quantitative estimate of drug-likeness (QED) is 0.735. The minimum Gasteiger partial charge on any atom is -0.385 e. The summed E-state index contributed by atoms with van der Waals surface area (Å²) in [6, 6.07) is 3.50. The Labute approximate surface area is 82.3 Å². The van der Waals surface area contributed by atoms with Crippen molar-refractivity contribution < 1.29 is 4.74 Å². The molecule has 0 saturated heterocycles. The lowest BCUT2D eigenvalue weighted by atomic mass is 10.4. The van der Waals surface area contributed by atoms with Crippen molar-refractivity contribution in [2.45, 2.75) is 6.42 Å². The van der Waals surface area contributed by atoms with Gasteiger partial charge < -0.3 is 10.1 Å². The van der Waals surface area contributed by atoms with Crippen molar-refractivity contribution >= 4 is 17.4 Å². The molecule has 0 atom stereocenters. The van der Waals surface area contributed by atoms with Crippen LogP contribution in [0, 0.1) is 0 Å². The summed E-state index contributed by atoms with van der Waals surface area (Å²) < 4.78 is 4.90. The molecule has 13 heavy (non-hydrogen) atoms. The molecule has 0 aliphatic rings. The van der Waals surface area contributed by atoms with Gasteiger partial charge in [-0.05, 0) is 18.6 Å². The van der Waals surface area contributed by atoms with Crippen LogP contribution in [0.1, 0.15) is 6.42 Å². The van der Waals surface area contributed by atoms with Gasteiger partial charge in [-0.25, -0.2) is 0 Å². The highest BCUT2D eigenvalue weighted by Crippen LogP contribution is 2.05. The van der Waals surface area contributed by atoms with Crippen molar-refractivity contribution in [3.05, 3.63) is 17.3 Å². The Bertz CT molecular complexity index is 240. The molecule has 0 bridgehead atoms. The zero-order valence-corrected chi connectivity index (χ0v) is 8.21. The Morgan fingerprint density at radius 3 is 2.92 bits per heavy atom. The van der Waals surface area contributed by atoms with Crippen LogP contribution in [0.4, 0.5) is 5.82 Å². The third-order valence-corrected chi connectivity index (χ3v) is 1.66. The average molecular weight is 202 g/mol. The molecule has 0 aliphatic heterocycles. The van der Waals surface area contributed by atoms with Gasteiger partial charge in [0.15, 0.2) is 5.15 Å². The van der Waals surface area contributed by atoms with Crippen LogP contribution in [0.2, 0.25) is 5.15 Å². The highest BCUT2D eigenvalue weighted by Gasteiger charge is 1.93. The van der Waals surface area contributed by atoms with Crippen LogP contribution in [0.15, 0.2) is 12.1 Å². The SMILES string of the molecule is COCCCNc1ccc(Cl)nn1. The monoisotopic (exact) mass is 201 g/mol. The average Bonchev–Trinajstić information content (AvgIpc) is 2.15. The van der Waals surface area contributed by atoms with Crippen LogP contribution >= 0.6 is 11.6 Å². The minimum atomic E-state index is 0.405.